The van der Waals surface area contributed by atoms with Gasteiger partial charge in [0.25, 0.3) is 0 Å². The van der Waals surface area contributed by atoms with Crippen LogP contribution in [0.4, 0.5) is 5.95 Å². The number of nitrogens with zero attached hydrogens (tertiary/aromatic N) is 3. The van der Waals surface area contributed by atoms with Crippen LogP contribution in [0.5, 0.6) is 0 Å². The number of ether oxygens (including phenoxy) is 1. The molecule has 3 rings (SSSR count). The highest BCUT2D eigenvalue weighted by atomic mass is 32.1. The molecule has 0 amide bonds. The highest BCUT2D eigenvalue weighted by molar-refractivity contribution is 7.71. The van der Waals surface area contributed by atoms with Crippen LogP contribution in [0.25, 0.3) is 5.69 Å². The van der Waals surface area contributed by atoms with E-state index in [1.54, 1.807) is 0 Å². The van der Waals surface area contributed by atoms with Crippen molar-refractivity contribution in [3.8, 4) is 5.69 Å². The van der Waals surface area contributed by atoms with Gasteiger partial charge in [0.15, 0.2) is 0 Å². The van der Waals surface area contributed by atoms with E-state index in [0.29, 0.717) is 4.77 Å². The predicted molar refractivity (Wildman–Crippen MR) is 85.6 cm³/mol. The van der Waals surface area contributed by atoms with Crippen LogP contribution in [-0.2, 0) is 4.74 Å². The summed E-state index contributed by atoms with van der Waals surface area (Å²) >= 11 is 5.37. The number of hydrogen-bond donors (Lipinski definition) is 1. The standard InChI is InChI=1S/C15H20N4OS/c1-18(11-13-9-5-6-10-20-13)14-16-17-15(21)19(14)12-7-3-2-4-8-12/h2-4,7-8,13H,5-6,9-11H2,1H3,(H,17,21). The lowest BCUT2D eigenvalue weighted by Crippen LogP contribution is -2.34. The Labute approximate surface area is 129 Å². The van der Waals surface area contributed by atoms with Crippen LogP contribution < -0.4 is 4.90 Å². The summed E-state index contributed by atoms with van der Waals surface area (Å²) < 4.78 is 8.37. The Hall–Kier alpha value is -1.66. The molecule has 112 valence electrons. The van der Waals surface area contributed by atoms with Gasteiger partial charge < -0.3 is 9.64 Å². The predicted octanol–water partition coefficient (Wildman–Crippen LogP) is 2.94. The zero-order valence-corrected chi connectivity index (χ0v) is 13.0. The molecule has 0 aliphatic carbocycles. The Kier molecular flexibility index (Phi) is 4.36. The van der Waals surface area contributed by atoms with E-state index in [2.05, 4.69) is 15.1 Å². The zero-order valence-electron chi connectivity index (χ0n) is 12.2. The van der Waals surface area contributed by atoms with Crippen LogP contribution in [0.3, 0.4) is 0 Å². The lowest BCUT2D eigenvalue weighted by molar-refractivity contribution is 0.0214. The number of H-pyrrole nitrogens is 1. The largest absolute Gasteiger partial charge is 0.376 e. The van der Waals surface area contributed by atoms with Crippen molar-refractivity contribution in [2.24, 2.45) is 0 Å². The molecule has 0 radical (unpaired) electrons. The molecule has 1 aliphatic heterocycles. The van der Waals surface area contributed by atoms with E-state index in [-0.39, 0.29) is 6.10 Å². The smallest absolute Gasteiger partial charge is 0.230 e. The molecule has 5 nitrogen and oxygen atoms in total. The van der Waals surface area contributed by atoms with Gasteiger partial charge in [-0.05, 0) is 43.6 Å². The van der Waals surface area contributed by atoms with Crippen LogP contribution in [0, 0.1) is 4.77 Å². The molecule has 1 N–H and O–H groups in total. The number of likely N-dealkylation sites (N-methyl/N-ethyl adjacent to an activating group) is 1. The lowest BCUT2D eigenvalue weighted by Gasteiger charge is -2.28. The molecule has 6 heteroatoms. The van der Waals surface area contributed by atoms with Crippen molar-refractivity contribution in [2.75, 3.05) is 25.1 Å². The molecule has 0 saturated carbocycles. The molecule has 1 atom stereocenters. The van der Waals surface area contributed by atoms with Gasteiger partial charge in [-0.1, -0.05) is 18.2 Å². The number of nitrogens with one attached hydrogen (secondary N) is 1. The monoisotopic (exact) mass is 304 g/mol. The molecule has 2 aromatic rings. The van der Waals surface area contributed by atoms with E-state index >= 15 is 0 Å². The maximum Gasteiger partial charge on any atom is 0.230 e. The van der Waals surface area contributed by atoms with E-state index in [0.717, 1.165) is 31.2 Å². The Balaban J connectivity index is 1.83. The highest BCUT2D eigenvalue weighted by Crippen LogP contribution is 2.20. The van der Waals surface area contributed by atoms with Gasteiger partial charge in [-0.2, -0.15) is 0 Å². The van der Waals surface area contributed by atoms with Crippen molar-refractivity contribution in [3.05, 3.63) is 35.1 Å². The number of hydrogen-bond acceptors (Lipinski definition) is 4. The van der Waals surface area contributed by atoms with Crippen LogP contribution in [0.2, 0.25) is 0 Å². The zero-order chi connectivity index (χ0) is 14.7. The number of anilines is 1. The average Bonchev–Trinajstić information content (AvgIpc) is 2.91. The summed E-state index contributed by atoms with van der Waals surface area (Å²) in [6.45, 7) is 1.69. The maximum atomic E-state index is 5.81. The van der Waals surface area contributed by atoms with Crippen molar-refractivity contribution < 1.29 is 4.74 Å². The van der Waals surface area contributed by atoms with E-state index in [1.807, 2.05) is 41.9 Å². The molecule has 1 fully saturated rings. The van der Waals surface area contributed by atoms with E-state index in [1.165, 1.54) is 12.8 Å². The van der Waals surface area contributed by atoms with Crippen molar-refractivity contribution in [1.29, 1.82) is 0 Å². The third-order valence-electron chi connectivity index (χ3n) is 3.76. The number of para-hydroxylation sites is 1. The third kappa shape index (κ3) is 3.16. The first-order valence-corrected chi connectivity index (χ1v) is 7.72. The quantitative estimate of drug-likeness (QED) is 0.882. The summed E-state index contributed by atoms with van der Waals surface area (Å²) in [6.07, 6.45) is 3.80. The van der Waals surface area contributed by atoms with Gasteiger partial charge in [-0.3, -0.25) is 4.57 Å². The van der Waals surface area contributed by atoms with Crippen molar-refractivity contribution in [1.82, 2.24) is 14.8 Å². The summed E-state index contributed by atoms with van der Waals surface area (Å²) in [5.74, 6) is 0.820. The SMILES string of the molecule is CN(CC1CCCCO1)c1n[nH]c(=S)n1-c1ccccc1. The van der Waals surface area contributed by atoms with Crippen LogP contribution in [0.1, 0.15) is 19.3 Å². The Morgan fingerprint density at radius 3 is 2.90 bits per heavy atom. The second-order valence-corrected chi connectivity index (χ2v) is 5.76. The topological polar surface area (TPSA) is 46.1 Å². The highest BCUT2D eigenvalue weighted by Gasteiger charge is 2.19. The molecule has 0 spiro atoms. The molecule has 1 saturated heterocycles. The van der Waals surface area contributed by atoms with Crippen molar-refractivity contribution >= 4 is 18.2 Å². The fraction of sp³-hybridized carbons (Fsp3) is 0.467. The van der Waals surface area contributed by atoms with Gasteiger partial charge in [0.05, 0.1) is 11.8 Å². The molecular formula is C15H20N4OS. The number of aromatic nitrogens is 3. The Bertz CT molecular complexity index is 631. The first-order chi connectivity index (χ1) is 10.3. The number of benzene rings is 1. The molecule has 1 unspecified atom stereocenters. The Morgan fingerprint density at radius 2 is 2.19 bits per heavy atom. The minimum atomic E-state index is 0.276. The molecule has 2 heterocycles. The third-order valence-corrected chi connectivity index (χ3v) is 4.04. The molecule has 21 heavy (non-hydrogen) atoms. The number of aromatic amines is 1. The van der Waals surface area contributed by atoms with Crippen molar-refractivity contribution in [3.63, 3.8) is 0 Å². The molecule has 1 aromatic heterocycles. The summed E-state index contributed by atoms with van der Waals surface area (Å²) in [4.78, 5) is 2.11. The number of rotatable bonds is 4. The summed E-state index contributed by atoms with van der Waals surface area (Å²) in [7, 11) is 2.03. The lowest BCUT2D eigenvalue weighted by atomic mass is 10.1. The van der Waals surface area contributed by atoms with Gasteiger partial charge in [0, 0.05) is 20.2 Å². The summed E-state index contributed by atoms with van der Waals surface area (Å²) in [5, 5.41) is 7.26. The molecule has 0 bridgehead atoms. The van der Waals surface area contributed by atoms with Gasteiger partial charge in [0.1, 0.15) is 0 Å². The Morgan fingerprint density at radius 1 is 1.38 bits per heavy atom. The fourth-order valence-corrected chi connectivity index (χ4v) is 2.93. The molecule has 1 aromatic carbocycles. The first-order valence-electron chi connectivity index (χ1n) is 7.31. The fourth-order valence-electron chi connectivity index (χ4n) is 2.69. The maximum absolute atomic E-state index is 5.81. The van der Waals surface area contributed by atoms with Gasteiger partial charge in [-0.25, -0.2) is 5.10 Å². The van der Waals surface area contributed by atoms with Gasteiger partial charge >= 0.3 is 0 Å². The summed E-state index contributed by atoms with van der Waals surface area (Å²) in [5.41, 5.74) is 1.02. The second kappa shape index (κ2) is 6.41. The first kappa shape index (κ1) is 14.3. The normalized spacial score (nSPS) is 18.6. The van der Waals surface area contributed by atoms with Gasteiger partial charge in [0.2, 0.25) is 10.7 Å². The average molecular weight is 304 g/mol. The minimum absolute atomic E-state index is 0.276. The van der Waals surface area contributed by atoms with Gasteiger partial charge in [-0.15, -0.1) is 5.10 Å². The summed E-state index contributed by atoms with van der Waals surface area (Å²) in [6, 6.07) is 10.0. The van der Waals surface area contributed by atoms with Crippen molar-refractivity contribution in [2.45, 2.75) is 25.4 Å². The molecule has 1 aliphatic rings. The van der Waals surface area contributed by atoms with E-state index < -0.39 is 0 Å². The molecular weight excluding hydrogens is 284 g/mol. The second-order valence-electron chi connectivity index (χ2n) is 5.37. The van der Waals surface area contributed by atoms with E-state index in [9.17, 15) is 0 Å². The minimum Gasteiger partial charge on any atom is -0.376 e. The van der Waals surface area contributed by atoms with Crippen LogP contribution >= 0.6 is 12.2 Å². The van der Waals surface area contributed by atoms with Crippen LogP contribution in [-0.4, -0.2) is 41.1 Å². The van der Waals surface area contributed by atoms with Crippen LogP contribution in [0.15, 0.2) is 30.3 Å². The van der Waals surface area contributed by atoms with E-state index in [4.69, 9.17) is 17.0 Å².